The van der Waals surface area contributed by atoms with Crippen LogP contribution in [-0.4, -0.2) is 44.5 Å². The van der Waals surface area contributed by atoms with Gasteiger partial charge in [0.05, 0.1) is 27.6 Å². The van der Waals surface area contributed by atoms with Crippen LogP contribution in [0.25, 0.3) is 11.3 Å². The SMILES string of the molecule is CCN(C)/C=N/c1cc(C)c(Cc2nc(-c3ccc(S(C)(=O)=O)cc3)cs2)cc1C. The molecule has 0 fully saturated rings. The third-order valence-corrected chi connectivity index (χ3v) is 7.00. The summed E-state index contributed by atoms with van der Waals surface area (Å²) in [5.41, 5.74) is 6.35. The Morgan fingerprint density at radius 1 is 1.13 bits per heavy atom. The lowest BCUT2D eigenvalue weighted by atomic mass is 10.0. The Balaban J connectivity index is 1.79. The summed E-state index contributed by atoms with van der Waals surface area (Å²) < 4.78 is 23.3. The highest BCUT2D eigenvalue weighted by molar-refractivity contribution is 7.90. The molecule has 0 bridgehead atoms. The highest BCUT2D eigenvalue weighted by Gasteiger charge is 2.11. The van der Waals surface area contributed by atoms with Gasteiger partial charge in [-0.1, -0.05) is 18.2 Å². The molecular formula is C23H27N3O2S2. The highest BCUT2D eigenvalue weighted by Crippen LogP contribution is 2.28. The topological polar surface area (TPSA) is 62.6 Å². The molecule has 158 valence electrons. The number of aryl methyl sites for hydroxylation is 2. The average molecular weight is 442 g/mol. The maximum atomic E-state index is 11.6. The zero-order valence-electron chi connectivity index (χ0n) is 18.0. The minimum atomic E-state index is -3.19. The first-order valence-electron chi connectivity index (χ1n) is 9.77. The molecule has 0 radical (unpaired) electrons. The van der Waals surface area contributed by atoms with Crippen molar-refractivity contribution in [2.45, 2.75) is 32.1 Å². The first kappa shape index (κ1) is 22.2. The molecule has 5 nitrogen and oxygen atoms in total. The normalized spacial score (nSPS) is 11.9. The number of nitrogens with zero attached hydrogens (tertiary/aromatic N) is 3. The van der Waals surface area contributed by atoms with Crippen LogP contribution in [0.15, 0.2) is 51.7 Å². The average Bonchev–Trinajstić information content (AvgIpc) is 3.17. The fourth-order valence-corrected chi connectivity index (χ4v) is 4.45. The minimum absolute atomic E-state index is 0.320. The van der Waals surface area contributed by atoms with Crippen molar-refractivity contribution in [3.8, 4) is 11.3 Å². The second kappa shape index (κ2) is 9.10. The number of thiazole rings is 1. The van der Waals surface area contributed by atoms with Gasteiger partial charge in [-0.15, -0.1) is 11.3 Å². The summed E-state index contributed by atoms with van der Waals surface area (Å²) in [5, 5.41) is 3.05. The molecule has 0 amide bonds. The van der Waals surface area contributed by atoms with Crippen LogP contribution in [0.5, 0.6) is 0 Å². The summed E-state index contributed by atoms with van der Waals surface area (Å²) in [7, 11) is -1.18. The number of rotatable bonds is 7. The lowest BCUT2D eigenvalue weighted by Gasteiger charge is -2.11. The van der Waals surface area contributed by atoms with Gasteiger partial charge >= 0.3 is 0 Å². The molecule has 30 heavy (non-hydrogen) atoms. The van der Waals surface area contributed by atoms with Gasteiger partial charge in [0.25, 0.3) is 0 Å². The van der Waals surface area contributed by atoms with Crippen molar-refractivity contribution in [1.82, 2.24) is 9.88 Å². The molecule has 0 saturated carbocycles. The van der Waals surface area contributed by atoms with Crippen LogP contribution in [0.4, 0.5) is 5.69 Å². The summed E-state index contributed by atoms with van der Waals surface area (Å²) >= 11 is 1.62. The minimum Gasteiger partial charge on any atom is -0.366 e. The van der Waals surface area contributed by atoms with Crippen molar-refractivity contribution in [3.63, 3.8) is 0 Å². The zero-order chi connectivity index (χ0) is 21.9. The van der Waals surface area contributed by atoms with Crippen LogP contribution >= 0.6 is 11.3 Å². The summed E-state index contributed by atoms with van der Waals surface area (Å²) in [6.45, 7) is 7.20. The van der Waals surface area contributed by atoms with Gasteiger partial charge in [0.2, 0.25) is 0 Å². The van der Waals surface area contributed by atoms with Crippen molar-refractivity contribution < 1.29 is 8.42 Å². The van der Waals surface area contributed by atoms with Crippen LogP contribution in [0.2, 0.25) is 0 Å². The largest absolute Gasteiger partial charge is 0.366 e. The van der Waals surface area contributed by atoms with E-state index >= 15 is 0 Å². The van der Waals surface area contributed by atoms with Gasteiger partial charge in [-0.2, -0.15) is 0 Å². The van der Waals surface area contributed by atoms with Crippen LogP contribution < -0.4 is 0 Å². The Labute approximate surface area is 183 Å². The van der Waals surface area contributed by atoms with Gasteiger partial charge in [-0.05, 0) is 55.7 Å². The molecule has 3 aromatic rings. The second-order valence-electron chi connectivity index (χ2n) is 7.48. The molecular weight excluding hydrogens is 414 g/mol. The van der Waals surface area contributed by atoms with E-state index in [2.05, 4.69) is 37.9 Å². The first-order valence-corrected chi connectivity index (χ1v) is 12.5. The van der Waals surface area contributed by atoms with E-state index in [1.54, 1.807) is 23.5 Å². The lowest BCUT2D eigenvalue weighted by molar-refractivity contribution is 0.552. The van der Waals surface area contributed by atoms with E-state index in [0.717, 1.165) is 40.5 Å². The van der Waals surface area contributed by atoms with Gasteiger partial charge in [0.1, 0.15) is 0 Å². The summed E-state index contributed by atoms with van der Waals surface area (Å²) in [5.74, 6) is 0. The molecule has 0 aliphatic heterocycles. The van der Waals surface area contributed by atoms with E-state index in [1.165, 1.54) is 17.4 Å². The van der Waals surface area contributed by atoms with Crippen LogP contribution in [0, 0.1) is 13.8 Å². The Morgan fingerprint density at radius 2 is 1.83 bits per heavy atom. The van der Waals surface area contributed by atoms with E-state index in [1.807, 2.05) is 35.8 Å². The third kappa shape index (κ3) is 5.34. The number of sulfone groups is 1. The van der Waals surface area contributed by atoms with Crippen LogP contribution in [-0.2, 0) is 16.3 Å². The van der Waals surface area contributed by atoms with Crippen LogP contribution in [0.3, 0.4) is 0 Å². The van der Waals surface area contributed by atoms with Gasteiger partial charge in [-0.3, -0.25) is 0 Å². The van der Waals surface area contributed by atoms with Gasteiger partial charge in [-0.25, -0.2) is 18.4 Å². The summed E-state index contributed by atoms with van der Waals surface area (Å²) in [6, 6.07) is 11.2. The van der Waals surface area contributed by atoms with Gasteiger partial charge in [0.15, 0.2) is 9.84 Å². The monoisotopic (exact) mass is 441 g/mol. The molecule has 1 heterocycles. The predicted molar refractivity (Wildman–Crippen MR) is 126 cm³/mol. The molecule has 0 spiro atoms. The van der Waals surface area contributed by atoms with E-state index < -0.39 is 9.84 Å². The maximum absolute atomic E-state index is 11.6. The van der Waals surface area contributed by atoms with Gasteiger partial charge in [0, 0.05) is 37.2 Å². The quantitative estimate of drug-likeness (QED) is 0.381. The Hall–Kier alpha value is -2.51. The molecule has 0 aliphatic carbocycles. The van der Waals surface area contributed by atoms with E-state index in [-0.39, 0.29) is 0 Å². The number of hydrogen-bond donors (Lipinski definition) is 0. The van der Waals surface area contributed by atoms with E-state index in [4.69, 9.17) is 4.98 Å². The first-order chi connectivity index (χ1) is 14.2. The summed E-state index contributed by atoms with van der Waals surface area (Å²) in [4.78, 5) is 11.7. The van der Waals surface area contributed by atoms with Crippen molar-refractivity contribution in [2.24, 2.45) is 4.99 Å². The molecule has 1 aromatic heterocycles. The zero-order valence-corrected chi connectivity index (χ0v) is 19.6. The number of benzene rings is 2. The Kier molecular flexibility index (Phi) is 6.73. The lowest BCUT2D eigenvalue weighted by Crippen LogP contribution is -2.14. The van der Waals surface area contributed by atoms with Crippen LogP contribution in [0.1, 0.15) is 28.6 Å². The fourth-order valence-electron chi connectivity index (χ4n) is 2.99. The van der Waals surface area contributed by atoms with E-state index in [0.29, 0.717) is 4.90 Å². The highest BCUT2D eigenvalue weighted by atomic mass is 32.2. The van der Waals surface area contributed by atoms with E-state index in [9.17, 15) is 8.42 Å². The fraction of sp³-hybridized carbons (Fsp3) is 0.304. The number of hydrogen-bond acceptors (Lipinski definition) is 5. The molecule has 0 N–H and O–H groups in total. The molecule has 7 heteroatoms. The predicted octanol–water partition coefficient (Wildman–Crippen LogP) is 5.03. The Bertz CT molecular complexity index is 1160. The Morgan fingerprint density at radius 3 is 2.47 bits per heavy atom. The third-order valence-electron chi connectivity index (χ3n) is 5.02. The molecule has 0 atom stereocenters. The number of aromatic nitrogens is 1. The number of aliphatic imine (C=N–C) groups is 1. The standard InChI is InChI=1S/C23H27N3O2S2/c1-6-26(4)15-24-21-12-16(2)19(11-17(21)3)13-23-25-22(14-29-23)18-7-9-20(10-8-18)30(5,27)28/h7-12,14-15H,6,13H2,1-5H3/b24-15+. The van der Waals surface area contributed by atoms with Crippen molar-refractivity contribution in [1.29, 1.82) is 0 Å². The molecule has 2 aromatic carbocycles. The maximum Gasteiger partial charge on any atom is 0.175 e. The van der Waals surface area contributed by atoms with Crippen molar-refractivity contribution >= 4 is 33.2 Å². The smallest absolute Gasteiger partial charge is 0.175 e. The second-order valence-corrected chi connectivity index (χ2v) is 10.4. The van der Waals surface area contributed by atoms with Crippen molar-refractivity contribution in [3.05, 3.63) is 63.5 Å². The molecule has 0 aliphatic rings. The molecule has 0 saturated heterocycles. The van der Waals surface area contributed by atoms with Gasteiger partial charge < -0.3 is 4.90 Å². The molecule has 3 rings (SSSR count). The summed E-state index contributed by atoms with van der Waals surface area (Å²) in [6.07, 6.45) is 3.84. The molecule has 0 unspecified atom stereocenters. The van der Waals surface area contributed by atoms with Crippen molar-refractivity contribution in [2.75, 3.05) is 19.8 Å².